The number of Topliss-reactive ketones (excluding diaryl/α,β-unsaturated/α-hetero) is 1. The summed E-state index contributed by atoms with van der Waals surface area (Å²) in [6, 6.07) is 0. The number of ether oxygens (including phenoxy) is 1. The summed E-state index contributed by atoms with van der Waals surface area (Å²) in [7, 11) is 0. The molecule has 0 aromatic carbocycles. The number of esters is 1. The Morgan fingerprint density at radius 1 is 1.21 bits per heavy atom. The standard InChI is InChI=1S/C16H28O3/c1-5-6-7-19-15(18)10-14(17)13-8-12(9-13)11-16(2,3)4/h12-13H,5-11H2,1-4H3/t12-,13+. The van der Waals surface area contributed by atoms with Crippen LogP contribution in [0.1, 0.15) is 66.2 Å². The fourth-order valence-electron chi connectivity index (χ4n) is 2.70. The minimum Gasteiger partial charge on any atom is -0.465 e. The van der Waals surface area contributed by atoms with E-state index >= 15 is 0 Å². The van der Waals surface area contributed by atoms with Crippen LogP contribution in [-0.4, -0.2) is 18.4 Å². The number of hydrogen-bond donors (Lipinski definition) is 0. The molecule has 0 unspecified atom stereocenters. The van der Waals surface area contributed by atoms with Gasteiger partial charge in [-0.05, 0) is 37.0 Å². The van der Waals surface area contributed by atoms with Crippen molar-refractivity contribution in [1.29, 1.82) is 0 Å². The van der Waals surface area contributed by atoms with Crippen molar-refractivity contribution in [3.8, 4) is 0 Å². The molecule has 110 valence electrons. The Balaban J connectivity index is 2.17. The Hall–Kier alpha value is -0.860. The monoisotopic (exact) mass is 268 g/mol. The zero-order valence-corrected chi connectivity index (χ0v) is 12.8. The first-order valence-electron chi connectivity index (χ1n) is 7.50. The SMILES string of the molecule is CCCCOC(=O)CC(=O)[C@H]1C[C@@H](CC(C)(C)C)C1. The van der Waals surface area contributed by atoms with Gasteiger partial charge in [-0.3, -0.25) is 9.59 Å². The van der Waals surface area contributed by atoms with E-state index in [2.05, 4.69) is 20.8 Å². The maximum absolute atomic E-state index is 11.9. The summed E-state index contributed by atoms with van der Waals surface area (Å²) >= 11 is 0. The zero-order chi connectivity index (χ0) is 14.5. The van der Waals surface area contributed by atoms with Gasteiger partial charge in [-0.2, -0.15) is 0 Å². The van der Waals surface area contributed by atoms with E-state index in [9.17, 15) is 9.59 Å². The molecule has 1 aliphatic carbocycles. The van der Waals surface area contributed by atoms with Crippen LogP contribution in [0.15, 0.2) is 0 Å². The fraction of sp³-hybridized carbons (Fsp3) is 0.875. The van der Waals surface area contributed by atoms with Crippen molar-refractivity contribution < 1.29 is 14.3 Å². The Labute approximate surface area is 117 Å². The molecule has 1 aliphatic rings. The lowest BCUT2D eigenvalue weighted by Gasteiger charge is -2.38. The molecule has 0 spiro atoms. The summed E-state index contributed by atoms with van der Waals surface area (Å²) in [6.45, 7) is 9.18. The summed E-state index contributed by atoms with van der Waals surface area (Å²) < 4.78 is 5.02. The molecule has 0 aromatic rings. The second-order valence-electron chi connectivity index (χ2n) is 7.02. The molecule has 3 heteroatoms. The highest BCUT2D eigenvalue weighted by molar-refractivity contribution is 5.97. The Bertz CT molecular complexity index is 308. The second kappa shape index (κ2) is 7.06. The molecule has 0 amide bonds. The van der Waals surface area contributed by atoms with Crippen LogP contribution < -0.4 is 0 Å². The number of carbonyl (C=O) groups excluding carboxylic acids is 2. The number of rotatable bonds is 7. The highest BCUT2D eigenvalue weighted by Gasteiger charge is 2.36. The van der Waals surface area contributed by atoms with E-state index in [-0.39, 0.29) is 24.1 Å². The molecule has 0 aromatic heterocycles. The zero-order valence-electron chi connectivity index (χ0n) is 12.8. The molecular weight excluding hydrogens is 240 g/mol. The van der Waals surface area contributed by atoms with E-state index < -0.39 is 0 Å². The maximum Gasteiger partial charge on any atom is 0.313 e. The topological polar surface area (TPSA) is 43.4 Å². The van der Waals surface area contributed by atoms with Crippen LogP contribution >= 0.6 is 0 Å². The van der Waals surface area contributed by atoms with Crippen molar-refractivity contribution >= 4 is 11.8 Å². The minimum atomic E-state index is -0.349. The average Bonchev–Trinajstić information content (AvgIpc) is 2.21. The third-order valence-corrected chi connectivity index (χ3v) is 3.67. The predicted molar refractivity (Wildman–Crippen MR) is 75.8 cm³/mol. The highest BCUT2D eigenvalue weighted by Crippen LogP contribution is 2.41. The molecule has 0 radical (unpaired) electrons. The number of hydrogen-bond acceptors (Lipinski definition) is 3. The van der Waals surface area contributed by atoms with Gasteiger partial charge in [0.25, 0.3) is 0 Å². The Morgan fingerprint density at radius 2 is 1.84 bits per heavy atom. The maximum atomic E-state index is 11.9. The van der Waals surface area contributed by atoms with Gasteiger partial charge in [-0.1, -0.05) is 34.1 Å². The van der Waals surface area contributed by atoms with Gasteiger partial charge in [0, 0.05) is 5.92 Å². The molecule has 0 saturated heterocycles. The molecule has 1 rings (SSSR count). The van der Waals surface area contributed by atoms with E-state index in [1.807, 2.05) is 6.92 Å². The van der Waals surface area contributed by atoms with Crippen molar-refractivity contribution in [2.45, 2.75) is 66.2 Å². The van der Waals surface area contributed by atoms with Gasteiger partial charge >= 0.3 is 5.97 Å². The van der Waals surface area contributed by atoms with Crippen LogP contribution in [0, 0.1) is 17.3 Å². The largest absolute Gasteiger partial charge is 0.465 e. The lowest BCUT2D eigenvalue weighted by atomic mass is 9.66. The van der Waals surface area contributed by atoms with Gasteiger partial charge in [-0.25, -0.2) is 0 Å². The van der Waals surface area contributed by atoms with Gasteiger partial charge in [0.1, 0.15) is 12.2 Å². The van der Waals surface area contributed by atoms with Crippen molar-refractivity contribution in [2.24, 2.45) is 17.3 Å². The van der Waals surface area contributed by atoms with Gasteiger partial charge in [-0.15, -0.1) is 0 Å². The predicted octanol–water partition coefficient (Wildman–Crippen LogP) is 3.75. The van der Waals surface area contributed by atoms with Gasteiger partial charge in [0.2, 0.25) is 0 Å². The van der Waals surface area contributed by atoms with Crippen LogP contribution in [0.25, 0.3) is 0 Å². The lowest BCUT2D eigenvalue weighted by molar-refractivity contribution is -0.147. The highest BCUT2D eigenvalue weighted by atomic mass is 16.5. The smallest absolute Gasteiger partial charge is 0.313 e. The third-order valence-electron chi connectivity index (χ3n) is 3.67. The molecule has 19 heavy (non-hydrogen) atoms. The van der Waals surface area contributed by atoms with Crippen molar-refractivity contribution in [1.82, 2.24) is 0 Å². The molecule has 0 heterocycles. The Kier molecular flexibility index (Phi) is 6.02. The lowest BCUT2D eigenvalue weighted by Crippen LogP contribution is -2.34. The molecule has 0 atom stereocenters. The Morgan fingerprint density at radius 3 is 2.37 bits per heavy atom. The van der Waals surface area contributed by atoms with E-state index in [0.717, 1.165) is 32.1 Å². The van der Waals surface area contributed by atoms with Crippen LogP contribution in [0.5, 0.6) is 0 Å². The molecule has 1 saturated carbocycles. The summed E-state index contributed by atoms with van der Waals surface area (Å²) in [6.07, 6.45) is 4.92. The van der Waals surface area contributed by atoms with Crippen molar-refractivity contribution in [3.63, 3.8) is 0 Å². The van der Waals surface area contributed by atoms with Crippen LogP contribution in [0.2, 0.25) is 0 Å². The second-order valence-corrected chi connectivity index (χ2v) is 7.02. The number of unbranched alkanes of at least 4 members (excludes halogenated alkanes) is 1. The molecule has 3 nitrogen and oxygen atoms in total. The van der Waals surface area contributed by atoms with E-state index in [0.29, 0.717) is 17.9 Å². The molecule has 1 fully saturated rings. The van der Waals surface area contributed by atoms with Crippen molar-refractivity contribution in [2.75, 3.05) is 6.61 Å². The minimum absolute atomic E-state index is 0.0311. The van der Waals surface area contributed by atoms with Gasteiger partial charge < -0.3 is 4.74 Å². The first kappa shape index (κ1) is 16.2. The summed E-state index contributed by atoms with van der Waals surface area (Å²) in [5, 5.41) is 0. The van der Waals surface area contributed by atoms with Crippen LogP contribution in [0.4, 0.5) is 0 Å². The van der Waals surface area contributed by atoms with Gasteiger partial charge in [0.05, 0.1) is 6.61 Å². The normalized spacial score (nSPS) is 22.7. The quantitative estimate of drug-likeness (QED) is 0.401. The van der Waals surface area contributed by atoms with Gasteiger partial charge in [0.15, 0.2) is 0 Å². The molecule has 0 aliphatic heterocycles. The molecule has 0 N–H and O–H groups in total. The van der Waals surface area contributed by atoms with E-state index in [4.69, 9.17) is 4.74 Å². The summed E-state index contributed by atoms with van der Waals surface area (Å²) in [5.41, 5.74) is 0.331. The fourth-order valence-corrected chi connectivity index (χ4v) is 2.70. The summed E-state index contributed by atoms with van der Waals surface area (Å²) in [4.78, 5) is 23.3. The summed E-state index contributed by atoms with van der Waals surface area (Å²) in [5.74, 6) is 0.487. The van der Waals surface area contributed by atoms with E-state index in [1.165, 1.54) is 0 Å². The van der Waals surface area contributed by atoms with Crippen LogP contribution in [-0.2, 0) is 14.3 Å². The molecule has 0 bridgehead atoms. The first-order valence-corrected chi connectivity index (χ1v) is 7.50. The average molecular weight is 268 g/mol. The third kappa shape index (κ3) is 6.22. The number of carbonyl (C=O) groups is 2. The number of ketones is 1. The van der Waals surface area contributed by atoms with E-state index in [1.54, 1.807) is 0 Å². The van der Waals surface area contributed by atoms with Crippen molar-refractivity contribution in [3.05, 3.63) is 0 Å². The molecular formula is C16H28O3. The van der Waals surface area contributed by atoms with Crippen LogP contribution in [0.3, 0.4) is 0 Å². The first-order chi connectivity index (χ1) is 8.81.